The zero-order chi connectivity index (χ0) is 22.0. The van der Waals surface area contributed by atoms with E-state index in [-0.39, 0.29) is 6.04 Å². The third-order valence-electron chi connectivity index (χ3n) is 6.70. The summed E-state index contributed by atoms with van der Waals surface area (Å²) in [5, 5.41) is 6.24. The molecule has 5 N–H and O–H groups in total. The van der Waals surface area contributed by atoms with E-state index in [1.165, 1.54) is 37.1 Å². The molecule has 0 bridgehead atoms. The Morgan fingerprint density at radius 1 is 1.10 bits per heavy atom. The van der Waals surface area contributed by atoms with Crippen LogP contribution in [-0.2, 0) is 0 Å². The first-order chi connectivity index (χ1) is 15.0. The maximum absolute atomic E-state index is 6.43. The molecule has 6 heteroatoms. The summed E-state index contributed by atoms with van der Waals surface area (Å²) in [6.45, 7) is 8.38. The minimum atomic E-state index is 0.132. The third kappa shape index (κ3) is 4.84. The molecule has 166 valence electrons. The smallest absolute Gasteiger partial charge is 0.0777 e. The van der Waals surface area contributed by atoms with Gasteiger partial charge in [-0.3, -0.25) is 0 Å². The Hall–Kier alpha value is -2.21. The number of halogens is 1. The van der Waals surface area contributed by atoms with E-state index >= 15 is 0 Å². The second kappa shape index (κ2) is 9.51. The summed E-state index contributed by atoms with van der Waals surface area (Å²) in [5.74, 6) is 7.03. The fourth-order valence-electron chi connectivity index (χ4n) is 4.98. The Morgan fingerprint density at radius 2 is 1.87 bits per heavy atom. The van der Waals surface area contributed by atoms with E-state index < -0.39 is 0 Å². The standard InChI is InChI=1S/C25H34ClN5/c1-3-30-12-9-18(10-13-30)19-7-8-22-23(15-19)24(11-14-31(28)25(22)17(2)27)29-21-6-4-5-20(26)16-21/h4-8,15-16,18,24,29H,3,9-14,27-28H2,1-2H3/b25-17-. The molecule has 0 aliphatic carbocycles. The summed E-state index contributed by atoms with van der Waals surface area (Å²) in [5.41, 5.74) is 12.8. The van der Waals surface area contributed by atoms with Crippen LogP contribution < -0.4 is 16.9 Å². The molecule has 0 amide bonds. The van der Waals surface area contributed by atoms with Crippen molar-refractivity contribution in [2.24, 2.45) is 11.6 Å². The van der Waals surface area contributed by atoms with Crippen LogP contribution >= 0.6 is 11.6 Å². The molecule has 1 atom stereocenters. The predicted octanol–water partition coefficient (Wildman–Crippen LogP) is 4.92. The zero-order valence-electron chi connectivity index (χ0n) is 18.6. The van der Waals surface area contributed by atoms with Crippen molar-refractivity contribution in [1.29, 1.82) is 0 Å². The third-order valence-corrected chi connectivity index (χ3v) is 6.93. The maximum Gasteiger partial charge on any atom is 0.0777 e. The number of nitrogens with zero attached hydrogens (tertiary/aromatic N) is 2. The molecule has 1 saturated heterocycles. The topological polar surface area (TPSA) is 70.5 Å². The highest BCUT2D eigenvalue weighted by Crippen LogP contribution is 2.38. The number of piperidine rings is 1. The van der Waals surface area contributed by atoms with Gasteiger partial charge in [0.2, 0.25) is 0 Å². The lowest BCUT2D eigenvalue weighted by Gasteiger charge is -2.32. The highest BCUT2D eigenvalue weighted by Gasteiger charge is 2.28. The second-order valence-electron chi connectivity index (χ2n) is 8.78. The number of hydrogen-bond donors (Lipinski definition) is 3. The van der Waals surface area contributed by atoms with Gasteiger partial charge in [0.1, 0.15) is 0 Å². The van der Waals surface area contributed by atoms with E-state index in [4.69, 9.17) is 23.2 Å². The second-order valence-corrected chi connectivity index (χ2v) is 9.21. The molecule has 0 saturated carbocycles. The quantitative estimate of drug-likeness (QED) is 0.590. The van der Waals surface area contributed by atoms with Crippen LogP contribution in [0.2, 0.25) is 5.02 Å². The van der Waals surface area contributed by atoms with Crippen LogP contribution in [0.15, 0.2) is 48.2 Å². The van der Waals surface area contributed by atoms with Gasteiger partial charge in [-0.2, -0.15) is 0 Å². The molecule has 2 aromatic rings. The summed E-state index contributed by atoms with van der Waals surface area (Å²) in [7, 11) is 0. The van der Waals surface area contributed by atoms with Crippen LogP contribution in [0.1, 0.15) is 61.8 Å². The van der Waals surface area contributed by atoms with Gasteiger partial charge < -0.3 is 21.0 Å². The van der Waals surface area contributed by atoms with E-state index in [2.05, 4.69) is 41.4 Å². The number of benzene rings is 2. The molecule has 0 spiro atoms. The largest absolute Gasteiger partial charge is 0.401 e. The van der Waals surface area contributed by atoms with Gasteiger partial charge in [0, 0.05) is 28.5 Å². The number of nitrogens with one attached hydrogen (secondary N) is 1. The van der Waals surface area contributed by atoms with E-state index in [9.17, 15) is 0 Å². The van der Waals surface area contributed by atoms with Crippen molar-refractivity contribution >= 4 is 23.0 Å². The number of anilines is 1. The highest BCUT2D eigenvalue weighted by atomic mass is 35.5. The van der Waals surface area contributed by atoms with Crippen molar-refractivity contribution in [3.63, 3.8) is 0 Å². The van der Waals surface area contributed by atoms with Crippen molar-refractivity contribution in [2.45, 2.75) is 45.1 Å². The fourth-order valence-corrected chi connectivity index (χ4v) is 5.17. The van der Waals surface area contributed by atoms with Crippen molar-refractivity contribution < 1.29 is 0 Å². The number of rotatable bonds is 4. The molecule has 2 aromatic carbocycles. The van der Waals surface area contributed by atoms with Crippen molar-refractivity contribution in [1.82, 2.24) is 9.91 Å². The van der Waals surface area contributed by atoms with E-state index in [1.54, 1.807) is 5.01 Å². The molecule has 1 fully saturated rings. The summed E-state index contributed by atoms with van der Waals surface area (Å²) < 4.78 is 0. The number of hydrazine groups is 1. The van der Waals surface area contributed by atoms with Crippen LogP contribution in [-0.4, -0.2) is 36.1 Å². The number of nitrogens with two attached hydrogens (primary N) is 2. The van der Waals surface area contributed by atoms with Gasteiger partial charge in [0.05, 0.1) is 11.7 Å². The lowest BCUT2D eigenvalue weighted by molar-refractivity contribution is 0.222. The average molecular weight is 440 g/mol. The lowest BCUT2D eigenvalue weighted by Crippen LogP contribution is -2.32. The maximum atomic E-state index is 6.43. The summed E-state index contributed by atoms with van der Waals surface area (Å²) in [6.07, 6.45) is 3.30. The van der Waals surface area contributed by atoms with Crippen LogP contribution in [0.3, 0.4) is 0 Å². The Bertz CT molecular complexity index is 945. The molecule has 2 aliphatic rings. The van der Waals surface area contributed by atoms with Crippen LogP contribution in [0.25, 0.3) is 5.70 Å². The Morgan fingerprint density at radius 3 is 2.55 bits per heavy atom. The summed E-state index contributed by atoms with van der Waals surface area (Å²) in [6, 6.07) is 14.9. The molecule has 0 aromatic heterocycles. The van der Waals surface area contributed by atoms with Gasteiger partial charge in [-0.05, 0) is 81.1 Å². The molecular weight excluding hydrogens is 406 g/mol. The Labute approximate surface area is 191 Å². The number of likely N-dealkylation sites (tertiary alicyclic amines) is 1. The van der Waals surface area contributed by atoms with Gasteiger partial charge in [-0.25, -0.2) is 5.84 Å². The van der Waals surface area contributed by atoms with Crippen LogP contribution in [0, 0.1) is 0 Å². The predicted molar refractivity (Wildman–Crippen MR) is 131 cm³/mol. The molecule has 0 radical (unpaired) electrons. The molecule has 1 unspecified atom stereocenters. The van der Waals surface area contributed by atoms with Gasteiger partial charge in [0.15, 0.2) is 0 Å². The number of fused-ring (bicyclic) bond motifs is 1. The monoisotopic (exact) mass is 439 g/mol. The molecule has 31 heavy (non-hydrogen) atoms. The first-order valence-electron chi connectivity index (χ1n) is 11.3. The highest BCUT2D eigenvalue weighted by molar-refractivity contribution is 6.30. The van der Waals surface area contributed by atoms with E-state index in [0.717, 1.165) is 47.2 Å². The minimum Gasteiger partial charge on any atom is -0.401 e. The average Bonchev–Trinajstić information content (AvgIpc) is 2.90. The van der Waals surface area contributed by atoms with Gasteiger partial charge in [-0.15, -0.1) is 0 Å². The van der Waals surface area contributed by atoms with Gasteiger partial charge >= 0.3 is 0 Å². The molecule has 4 rings (SSSR count). The molecule has 2 aliphatic heterocycles. The van der Waals surface area contributed by atoms with Crippen molar-refractivity contribution in [2.75, 3.05) is 31.5 Å². The Kier molecular flexibility index (Phi) is 6.75. The van der Waals surface area contributed by atoms with Crippen molar-refractivity contribution in [3.8, 4) is 0 Å². The first-order valence-corrected chi connectivity index (χ1v) is 11.7. The molecule has 2 heterocycles. The van der Waals surface area contributed by atoms with Crippen LogP contribution in [0.5, 0.6) is 0 Å². The van der Waals surface area contributed by atoms with E-state index in [1.807, 2.05) is 25.1 Å². The van der Waals surface area contributed by atoms with Crippen molar-refractivity contribution in [3.05, 3.63) is 69.9 Å². The Balaban J connectivity index is 1.72. The van der Waals surface area contributed by atoms with Gasteiger partial charge in [-0.1, -0.05) is 42.8 Å². The summed E-state index contributed by atoms with van der Waals surface area (Å²) >= 11 is 6.24. The fraction of sp³-hybridized carbons (Fsp3) is 0.440. The normalized spacial score (nSPS) is 22.1. The minimum absolute atomic E-state index is 0.132. The molecular formula is C25H34ClN5. The van der Waals surface area contributed by atoms with Crippen LogP contribution in [0.4, 0.5) is 5.69 Å². The number of hydrogen-bond acceptors (Lipinski definition) is 5. The SMILES string of the molecule is CCN1CCC(c2ccc3c(c2)C(Nc2cccc(Cl)c2)CCN(N)/C3=C(/C)N)CC1. The molecule has 5 nitrogen and oxygen atoms in total. The van der Waals surface area contributed by atoms with Gasteiger partial charge in [0.25, 0.3) is 0 Å². The van der Waals surface area contributed by atoms with E-state index in [0.29, 0.717) is 5.92 Å². The number of allylic oxidation sites excluding steroid dienone is 1. The first kappa shape index (κ1) is 22.0. The lowest BCUT2D eigenvalue weighted by atomic mass is 9.85. The zero-order valence-corrected chi connectivity index (χ0v) is 19.3. The summed E-state index contributed by atoms with van der Waals surface area (Å²) in [4.78, 5) is 2.54.